The van der Waals surface area contributed by atoms with Gasteiger partial charge in [-0.1, -0.05) is 30.4 Å². The first-order chi connectivity index (χ1) is 9.11. The zero-order valence-corrected chi connectivity index (χ0v) is 12.5. The average Bonchev–Trinajstić information content (AvgIpc) is 2.40. The average molecular weight is 279 g/mol. The minimum atomic E-state index is -0.327. The van der Waals surface area contributed by atoms with Gasteiger partial charge in [-0.15, -0.1) is 0 Å². The fourth-order valence-electron chi connectivity index (χ4n) is 2.09. The summed E-state index contributed by atoms with van der Waals surface area (Å²) >= 11 is 4.93. The van der Waals surface area contributed by atoms with Gasteiger partial charge in [0.05, 0.1) is 6.61 Å². The number of thiocarbonyl (C=S) groups is 1. The summed E-state index contributed by atoms with van der Waals surface area (Å²) in [6.07, 6.45) is 0.744. The first-order valence-corrected chi connectivity index (χ1v) is 7.02. The maximum atomic E-state index is 12.0. The third-order valence-electron chi connectivity index (χ3n) is 3.01. The number of carbonyl (C=O) groups is 1. The van der Waals surface area contributed by atoms with Crippen LogP contribution in [0.2, 0.25) is 0 Å². The van der Waals surface area contributed by atoms with Crippen molar-refractivity contribution in [2.45, 2.75) is 39.3 Å². The van der Waals surface area contributed by atoms with E-state index in [1.54, 1.807) is 5.37 Å². The Labute approximate surface area is 120 Å². The van der Waals surface area contributed by atoms with E-state index in [1.807, 2.05) is 44.2 Å². The van der Waals surface area contributed by atoms with Crippen LogP contribution in [0.1, 0.15) is 27.2 Å². The van der Waals surface area contributed by atoms with E-state index < -0.39 is 0 Å². The first-order valence-electron chi connectivity index (χ1n) is 6.55. The van der Waals surface area contributed by atoms with Gasteiger partial charge in [-0.05, 0) is 44.7 Å². The minimum Gasteiger partial charge on any atom is -0.464 e. The molecule has 1 aromatic carbocycles. The molecule has 0 fully saturated rings. The normalized spacial score (nSPS) is 13.4. The molecule has 0 saturated heterocycles. The van der Waals surface area contributed by atoms with Gasteiger partial charge in [-0.2, -0.15) is 0 Å². The minimum absolute atomic E-state index is 0.152. The van der Waals surface area contributed by atoms with Crippen LogP contribution in [0.4, 0.5) is 5.69 Å². The zero-order valence-electron chi connectivity index (χ0n) is 11.7. The summed E-state index contributed by atoms with van der Waals surface area (Å²) in [5, 5.41) is 1.71. The lowest BCUT2D eigenvalue weighted by Crippen LogP contribution is -2.45. The molecule has 0 spiro atoms. The summed E-state index contributed by atoms with van der Waals surface area (Å²) in [7, 11) is 0. The molecule has 1 rings (SSSR count). The summed E-state index contributed by atoms with van der Waals surface area (Å²) in [5.41, 5.74) is 1.01. The first kappa shape index (κ1) is 15.6. The number of hydrogen-bond donors (Lipinski definition) is 0. The Bertz CT molecular complexity index is 408. The molecule has 0 radical (unpaired) electrons. The highest BCUT2D eigenvalue weighted by Gasteiger charge is 2.26. The standard InChI is InChI=1S/C15H21NO2S/c1-4-18-15(17)13(3)16(12(2)10-11-19)14-8-6-5-7-9-14/h5-9,11-13H,4,10H2,1-3H3/t12?,13-/m0/s1. The number of hydrogen-bond acceptors (Lipinski definition) is 4. The largest absolute Gasteiger partial charge is 0.464 e. The Morgan fingerprint density at radius 2 is 2.00 bits per heavy atom. The van der Waals surface area contributed by atoms with Gasteiger partial charge in [-0.25, -0.2) is 4.79 Å². The number of para-hydroxylation sites is 1. The van der Waals surface area contributed by atoms with E-state index >= 15 is 0 Å². The van der Waals surface area contributed by atoms with Crippen LogP contribution < -0.4 is 4.90 Å². The third kappa shape index (κ3) is 4.31. The Hall–Kier alpha value is -1.42. The lowest BCUT2D eigenvalue weighted by molar-refractivity contribution is -0.144. The number of rotatable bonds is 7. The smallest absolute Gasteiger partial charge is 0.328 e. The topological polar surface area (TPSA) is 29.5 Å². The van der Waals surface area contributed by atoms with Crippen LogP contribution >= 0.6 is 12.2 Å². The predicted octanol–water partition coefficient (Wildman–Crippen LogP) is 3.22. The number of esters is 1. The Balaban J connectivity index is 2.98. The third-order valence-corrected chi connectivity index (χ3v) is 3.20. The molecule has 4 heteroatoms. The molecule has 0 saturated carbocycles. The van der Waals surface area contributed by atoms with Gasteiger partial charge in [0.1, 0.15) is 6.04 Å². The van der Waals surface area contributed by atoms with Gasteiger partial charge < -0.3 is 9.64 Å². The van der Waals surface area contributed by atoms with Crippen molar-refractivity contribution in [2.75, 3.05) is 11.5 Å². The van der Waals surface area contributed by atoms with Crippen molar-refractivity contribution >= 4 is 29.2 Å². The van der Waals surface area contributed by atoms with Gasteiger partial charge in [0.2, 0.25) is 0 Å². The quantitative estimate of drug-likeness (QED) is 0.566. The lowest BCUT2D eigenvalue weighted by atomic mass is 10.1. The fraction of sp³-hybridized carbons (Fsp3) is 0.467. The van der Waals surface area contributed by atoms with Crippen LogP contribution in [0.5, 0.6) is 0 Å². The Morgan fingerprint density at radius 3 is 2.53 bits per heavy atom. The van der Waals surface area contributed by atoms with Gasteiger partial charge >= 0.3 is 5.97 Å². The Morgan fingerprint density at radius 1 is 1.37 bits per heavy atom. The van der Waals surface area contributed by atoms with Gasteiger partial charge in [0, 0.05) is 11.7 Å². The van der Waals surface area contributed by atoms with E-state index in [9.17, 15) is 4.79 Å². The molecule has 3 nitrogen and oxygen atoms in total. The van der Waals surface area contributed by atoms with Crippen molar-refractivity contribution in [3.63, 3.8) is 0 Å². The van der Waals surface area contributed by atoms with Crippen molar-refractivity contribution in [2.24, 2.45) is 0 Å². The SMILES string of the molecule is CCOC(=O)[C@H](C)N(c1ccccc1)C(C)CC=S. The molecule has 2 atom stereocenters. The van der Waals surface area contributed by atoms with Crippen LogP contribution in [0, 0.1) is 0 Å². The molecule has 1 aromatic rings. The number of nitrogens with zero attached hydrogens (tertiary/aromatic N) is 1. The number of benzene rings is 1. The van der Waals surface area contributed by atoms with E-state index in [0.717, 1.165) is 12.1 Å². The van der Waals surface area contributed by atoms with Crippen LogP contribution in [0.3, 0.4) is 0 Å². The van der Waals surface area contributed by atoms with Crippen LogP contribution in [0.25, 0.3) is 0 Å². The van der Waals surface area contributed by atoms with Crippen molar-refractivity contribution in [1.82, 2.24) is 0 Å². The molecule has 0 N–H and O–H groups in total. The fourth-order valence-corrected chi connectivity index (χ4v) is 2.37. The van der Waals surface area contributed by atoms with Gasteiger partial charge in [0.25, 0.3) is 0 Å². The number of ether oxygens (including phenoxy) is 1. The van der Waals surface area contributed by atoms with E-state index in [0.29, 0.717) is 6.61 Å². The molecule has 0 bridgehead atoms. The maximum Gasteiger partial charge on any atom is 0.328 e. The molecule has 0 amide bonds. The molecule has 19 heavy (non-hydrogen) atoms. The molecule has 1 unspecified atom stereocenters. The highest BCUT2D eigenvalue weighted by atomic mass is 32.1. The Kier molecular flexibility index (Phi) is 6.50. The zero-order chi connectivity index (χ0) is 14.3. The molecule has 0 aliphatic heterocycles. The van der Waals surface area contributed by atoms with Gasteiger partial charge in [-0.3, -0.25) is 0 Å². The van der Waals surface area contributed by atoms with E-state index in [2.05, 4.69) is 11.8 Å². The maximum absolute atomic E-state index is 12.0. The van der Waals surface area contributed by atoms with Crippen molar-refractivity contribution < 1.29 is 9.53 Å². The molecular formula is C15H21NO2S. The molecule has 104 valence electrons. The number of anilines is 1. The molecule has 0 aliphatic rings. The molecule has 0 aliphatic carbocycles. The van der Waals surface area contributed by atoms with Gasteiger partial charge in [0.15, 0.2) is 0 Å². The summed E-state index contributed by atoms with van der Waals surface area (Å²) in [6, 6.07) is 9.70. The summed E-state index contributed by atoms with van der Waals surface area (Å²) < 4.78 is 5.12. The van der Waals surface area contributed by atoms with Crippen molar-refractivity contribution in [3.8, 4) is 0 Å². The van der Waals surface area contributed by atoms with E-state index in [-0.39, 0.29) is 18.1 Å². The van der Waals surface area contributed by atoms with Crippen LogP contribution in [-0.2, 0) is 9.53 Å². The summed E-state index contributed by atoms with van der Waals surface area (Å²) in [4.78, 5) is 14.0. The van der Waals surface area contributed by atoms with E-state index in [1.165, 1.54) is 0 Å². The highest BCUT2D eigenvalue weighted by Crippen LogP contribution is 2.21. The molecular weight excluding hydrogens is 258 g/mol. The second-order valence-electron chi connectivity index (χ2n) is 4.42. The van der Waals surface area contributed by atoms with E-state index in [4.69, 9.17) is 17.0 Å². The number of carbonyl (C=O) groups excluding carboxylic acids is 1. The van der Waals surface area contributed by atoms with Crippen molar-refractivity contribution in [3.05, 3.63) is 30.3 Å². The monoisotopic (exact) mass is 279 g/mol. The second kappa shape index (κ2) is 7.89. The van der Waals surface area contributed by atoms with Crippen molar-refractivity contribution in [1.29, 1.82) is 0 Å². The predicted molar refractivity (Wildman–Crippen MR) is 82.8 cm³/mol. The summed E-state index contributed by atoms with van der Waals surface area (Å²) in [5.74, 6) is -0.206. The second-order valence-corrected chi connectivity index (χ2v) is 4.76. The highest BCUT2D eigenvalue weighted by molar-refractivity contribution is 7.78. The van der Waals surface area contributed by atoms with Crippen LogP contribution in [0.15, 0.2) is 30.3 Å². The summed E-state index contributed by atoms with van der Waals surface area (Å²) in [6.45, 7) is 6.14. The molecule has 0 aromatic heterocycles. The van der Waals surface area contributed by atoms with Crippen LogP contribution in [-0.4, -0.2) is 30.0 Å². The molecule has 0 heterocycles. The lowest BCUT2D eigenvalue weighted by Gasteiger charge is -2.34.